The van der Waals surface area contributed by atoms with Crippen molar-refractivity contribution in [1.82, 2.24) is 19.9 Å². The van der Waals surface area contributed by atoms with Crippen LogP contribution in [0.3, 0.4) is 0 Å². The molecule has 2 atom stereocenters. The summed E-state index contributed by atoms with van der Waals surface area (Å²) in [5.41, 5.74) is 3.14. The summed E-state index contributed by atoms with van der Waals surface area (Å²) < 4.78 is 26.9. The first-order valence-corrected chi connectivity index (χ1v) is 11.1. The van der Waals surface area contributed by atoms with Gasteiger partial charge in [-0.3, -0.25) is 4.79 Å². The number of pyridine rings is 1. The third-order valence-electron chi connectivity index (χ3n) is 6.83. The number of carbonyl (C=O) groups is 1. The summed E-state index contributed by atoms with van der Waals surface area (Å²) in [5.74, 6) is -0.951. The van der Waals surface area contributed by atoms with E-state index < -0.39 is 17.6 Å². The molecule has 1 aromatic carbocycles. The number of hydrogen-bond donors (Lipinski definition) is 1. The van der Waals surface area contributed by atoms with Crippen LogP contribution in [0.1, 0.15) is 42.5 Å². The monoisotopic (exact) mass is 449 g/mol. The first-order valence-electron chi connectivity index (χ1n) is 11.1. The van der Waals surface area contributed by atoms with Gasteiger partial charge in [-0.1, -0.05) is 6.07 Å². The number of aryl methyl sites for hydroxylation is 2. The fraction of sp³-hybridized carbons (Fsp3) is 0.360. The van der Waals surface area contributed by atoms with Crippen LogP contribution in [0.5, 0.6) is 0 Å². The number of rotatable bonds is 3. The maximum atomic E-state index is 13.7. The molecule has 8 heteroatoms. The maximum absolute atomic E-state index is 13.7. The topological polar surface area (TPSA) is 71.0 Å². The molecule has 33 heavy (non-hydrogen) atoms. The predicted octanol–water partition coefficient (Wildman–Crippen LogP) is 4.26. The Morgan fingerprint density at radius 2 is 1.94 bits per heavy atom. The van der Waals surface area contributed by atoms with Crippen molar-refractivity contribution in [3.63, 3.8) is 0 Å². The molecule has 3 aromatic rings. The van der Waals surface area contributed by atoms with Gasteiger partial charge in [0.05, 0.1) is 17.2 Å². The summed E-state index contributed by atoms with van der Waals surface area (Å²) in [6, 6.07) is 7.55. The number of fused-ring (bicyclic) bond motifs is 1. The number of anilines is 1. The number of carbonyl (C=O) groups excluding carboxylic acids is 1. The molecule has 0 unspecified atom stereocenters. The average molecular weight is 450 g/mol. The Hall–Kier alpha value is -3.42. The van der Waals surface area contributed by atoms with E-state index in [4.69, 9.17) is 4.98 Å². The van der Waals surface area contributed by atoms with Gasteiger partial charge in [0, 0.05) is 31.0 Å². The lowest BCUT2D eigenvalue weighted by molar-refractivity contribution is -0.131. The van der Waals surface area contributed by atoms with Crippen molar-refractivity contribution < 1.29 is 13.6 Å². The van der Waals surface area contributed by atoms with Gasteiger partial charge in [-0.25, -0.2) is 23.7 Å². The third kappa shape index (κ3) is 3.94. The van der Waals surface area contributed by atoms with E-state index in [0.29, 0.717) is 24.5 Å². The Morgan fingerprint density at radius 1 is 1.15 bits per heavy atom. The van der Waals surface area contributed by atoms with Gasteiger partial charge in [0.2, 0.25) is 5.91 Å². The summed E-state index contributed by atoms with van der Waals surface area (Å²) in [6.07, 6.45) is 5.98. The van der Waals surface area contributed by atoms with E-state index in [2.05, 4.69) is 21.4 Å². The fourth-order valence-corrected chi connectivity index (χ4v) is 4.86. The average Bonchev–Trinajstić information content (AvgIpc) is 3.23. The number of amides is 1. The second-order valence-corrected chi connectivity index (χ2v) is 9.01. The van der Waals surface area contributed by atoms with Gasteiger partial charge in [-0.15, -0.1) is 0 Å². The second kappa shape index (κ2) is 8.17. The highest BCUT2D eigenvalue weighted by molar-refractivity contribution is 5.84. The van der Waals surface area contributed by atoms with E-state index in [9.17, 15) is 13.6 Å². The van der Waals surface area contributed by atoms with E-state index in [1.54, 1.807) is 25.4 Å². The standard InChI is InChI=1S/C25H25F2N5O/c1-15(17-4-5-20(26)21(27)13-17)24(33)32-11-8-25(14-32)7-6-18-12-19(16(2)30-22(18)31-25)23-28-9-3-10-29-23/h3-5,9-10,12-13,15H,6-8,11,14H2,1-2H3,(H,30,31)/t15-,25-/m0/s1. The number of likely N-dealkylation sites (tertiary alicyclic amines) is 1. The molecule has 2 aromatic heterocycles. The Labute approximate surface area is 191 Å². The largest absolute Gasteiger partial charge is 0.363 e. The number of nitrogens with zero attached hydrogens (tertiary/aromatic N) is 4. The molecule has 5 rings (SSSR count). The van der Waals surface area contributed by atoms with Crippen LogP contribution in [0.25, 0.3) is 11.4 Å². The summed E-state index contributed by atoms with van der Waals surface area (Å²) in [4.78, 5) is 28.5. The number of halogens is 2. The molecule has 4 heterocycles. The van der Waals surface area contributed by atoms with Crippen molar-refractivity contribution in [3.8, 4) is 11.4 Å². The van der Waals surface area contributed by atoms with Crippen molar-refractivity contribution in [2.24, 2.45) is 0 Å². The van der Waals surface area contributed by atoms with Crippen LogP contribution >= 0.6 is 0 Å². The van der Waals surface area contributed by atoms with Crippen molar-refractivity contribution >= 4 is 11.7 Å². The van der Waals surface area contributed by atoms with Crippen LogP contribution in [0.2, 0.25) is 0 Å². The third-order valence-corrected chi connectivity index (χ3v) is 6.83. The fourth-order valence-electron chi connectivity index (χ4n) is 4.86. The minimum absolute atomic E-state index is 0.0776. The molecule has 1 N–H and O–H groups in total. The van der Waals surface area contributed by atoms with Crippen LogP contribution in [0.15, 0.2) is 42.7 Å². The minimum atomic E-state index is -0.933. The van der Waals surface area contributed by atoms with Gasteiger partial charge in [0.25, 0.3) is 0 Å². The molecule has 1 amide bonds. The van der Waals surface area contributed by atoms with Crippen LogP contribution in [-0.4, -0.2) is 44.4 Å². The Balaban J connectivity index is 1.33. The van der Waals surface area contributed by atoms with E-state index in [1.807, 2.05) is 11.8 Å². The Morgan fingerprint density at radius 3 is 2.70 bits per heavy atom. The zero-order valence-corrected chi connectivity index (χ0v) is 18.6. The second-order valence-electron chi connectivity index (χ2n) is 9.01. The highest BCUT2D eigenvalue weighted by Crippen LogP contribution is 2.38. The van der Waals surface area contributed by atoms with Crippen LogP contribution in [0.4, 0.5) is 14.6 Å². The Bertz CT molecular complexity index is 1220. The van der Waals surface area contributed by atoms with E-state index in [-0.39, 0.29) is 11.4 Å². The molecule has 2 aliphatic rings. The molecule has 0 aliphatic carbocycles. The van der Waals surface area contributed by atoms with Gasteiger partial charge in [0.15, 0.2) is 17.5 Å². The molecular formula is C25H25F2N5O. The molecule has 1 spiro atoms. The SMILES string of the molecule is Cc1nc2c(cc1-c1ncccn1)CC[C@@]1(CCN(C(=O)[C@@H](C)c3ccc(F)c(F)c3)C1)N2. The van der Waals surface area contributed by atoms with Gasteiger partial charge >= 0.3 is 0 Å². The van der Waals surface area contributed by atoms with Crippen molar-refractivity contribution in [1.29, 1.82) is 0 Å². The van der Waals surface area contributed by atoms with Crippen molar-refractivity contribution in [2.45, 2.75) is 44.6 Å². The number of aromatic nitrogens is 3. The number of nitrogens with one attached hydrogen (secondary N) is 1. The first kappa shape index (κ1) is 21.4. The lowest BCUT2D eigenvalue weighted by Crippen LogP contribution is -2.46. The van der Waals surface area contributed by atoms with E-state index in [1.165, 1.54) is 6.07 Å². The lowest BCUT2D eigenvalue weighted by atomic mass is 9.86. The lowest BCUT2D eigenvalue weighted by Gasteiger charge is -2.36. The van der Waals surface area contributed by atoms with E-state index >= 15 is 0 Å². The summed E-state index contributed by atoms with van der Waals surface area (Å²) in [6.45, 7) is 4.86. The molecule has 0 bridgehead atoms. The van der Waals surface area contributed by atoms with E-state index in [0.717, 1.165) is 54.0 Å². The van der Waals surface area contributed by atoms with Gasteiger partial charge in [-0.2, -0.15) is 0 Å². The van der Waals surface area contributed by atoms with Gasteiger partial charge in [0.1, 0.15) is 5.82 Å². The van der Waals surface area contributed by atoms with Crippen molar-refractivity contribution in [3.05, 3.63) is 71.2 Å². The van der Waals surface area contributed by atoms with Crippen LogP contribution in [-0.2, 0) is 11.2 Å². The van der Waals surface area contributed by atoms with Gasteiger partial charge in [-0.05, 0) is 68.5 Å². The maximum Gasteiger partial charge on any atom is 0.229 e. The van der Waals surface area contributed by atoms with Crippen molar-refractivity contribution in [2.75, 3.05) is 18.4 Å². The zero-order valence-electron chi connectivity index (χ0n) is 18.6. The van der Waals surface area contributed by atoms with Crippen LogP contribution in [0, 0.1) is 18.6 Å². The molecule has 2 aliphatic heterocycles. The molecule has 170 valence electrons. The Kier molecular flexibility index (Phi) is 5.31. The highest BCUT2D eigenvalue weighted by atomic mass is 19.2. The quantitative estimate of drug-likeness (QED) is 0.647. The summed E-state index contributed by atoms with van der Waals surface area (Å²) in [7, 11) is 0. The normalized spacial score (nSPS) is 20.4. The number of hydrogen-bond acceptors (Lipinski definition) is 5. The summed E-state index contributed by atoms with van der Waals surface area (Å²) in [5, 5.41) is 3.62. The molecular weight excluding hydrogens is 424 g/mol. The molecule has 1 fully saturated rings. The number of benzene rings is 1. The smallest absolute Gasteiger partial charge is 0.229 e. The highest BCUT2D eigenvalue weighted by Gasteiger charge is 2.43. The minimum Gasteiger partial charge on any atom is -0.363 e. The zero-order chi connectivity index (χ0) is 23.2. The predicted molar refractivity (Wildman–Crippen MR) is 121 cm³/mol. The molecule has 0 radical (unpaired) electrons. The van der Waals surface area contributed by atoms with Gasteiger partial charge < -0.3 is 10.2 Å². The summed E-state index contributed by atoms with van der Waals surface area (Å²) >= 11 is 0. The molecule has 1 saturated heterocycles. The molecule has 6 nitrogen and oxygen atoms in total. The molecule has 0 saturated carbocycles. The first-order chi connectivity index (χ1) is 15.8. The van der Waals surface area contributed by atoms with Crippen LogP contribution < -0.4 is 5.32 Å².